The van der Waals surface area contributed by atoms with Crippen LogP contribution < -0.4 is 5.32 Å². The van der Waals surface area contributed by atoms with Gasteiger partial charge in [0, 0.05) is 19.3 Å². The Hall–Kier alpha value is -1.54. The number of carbonyl (C=O) groups is 1. The molecule has 1 aromatic heterocycles. The molecule has 6 nitrogen and oxygen atoms in total. The van der Waals surface area contributed by atoms with E-state index in [9.17, 15) is 17.6 Å². The van der Waals surface area contributed by atoms with E-state index in [4.69, 9.17) is 0 Å². The summed E-state index contributed by atoms with van der Waals surface area (Å²) in [5.74, 6) is -1.41. The van der Waals surface area contributed by atoms with Gasteiger partial charge in [0.05, 0.1) is 6.54 Å². The summed E-state index contributed by atoms with van der Waals surface area (Å²) in [5, 5.41) is 1.87. The molecule has 0 aliphatic rings. The van der Waals surface area contributed by atoms with E-state index >= 15 is 0 Å². The molecule has 1 heterocycles. The Morgan fingerprint density at radius 3 is 2.68 bits per heavy atom. The smallest absolute Gasteiger partial charge is 0.263 e. The average Bonchev–Trinajstić information content (AvgIpc) is 2.27. The normalized spacial score (nSPS) is 11.9. The minimum Gasteiger partial charge on any atom is -0.353 e. The largest absolute Gasteiger partial charge is 0.353 e. The first-order chi connectivity index (χ1) is 8.75. The summed E-state index contributed by atoms with van der Waals surface area (Å²) >= 11 is 0. The van der Waals surface area contributed by atoms with Crippen molar-refractivity contribution in [2.45, 2.75) is 24.9 Å². The Kier molecular flexibility index (Phi) is 4.96. The number of aromatic nitrogens is 1. The molecule has 0 fully saturated rings. The van der Waals surface area contributed by atoms with Crippen molar-refractivity contribution in [3.63, 3.8) is 0 Å². The highest BCUT2D eigenvalue weighted by atomic mass is 32.2. The van der Waals surface area contributed by atoms with Crippen molar-refractivity contribution in [2.24, 2.45) is 0 Å². The van der Waals surface area contributed by atoms with Gasteiger partial charge in [-0.2, -0.15) is 4.31 Å². The lowest BCUT2D eigenvalue weighted by Gasteiger charge is -2.17. The molecule has 106 valence electrons. The van der Waals surface area contributed by atoms with Crippen LogP contribution in [-0.4, -0.2) is 43.2 Å². The zero-order chi connectivity index (χ0) is 14.6. The molecule has 0 atom stereocenters. The van der Waals surface area contributed by atoms with Gasteiger partial charge in [0.15, 0.2) is 5.82 Å². The summed E-state index contributed by atoms with van der Waals surface area (Å²) in [5.41, 5.74) is 0. The van der Waals surface area contributed by atoms with E-state index < -0.39 is 33.3 Å². The molecule has 1 amide bonds. The highest BCUT2D eigenvalue weighted by Crippen LogP contribution is 2.14. The number of halogens is 1. The number of hydrogen-bond donors (Lipinski definition) is 1. The molecule has 0 saturated carbocycles. The van der Waals surface area contributed by atoms with E-state index in [0.29, 0.717) is 0 Å². The van der Waals surface area contributed by atoms with Crippen molar-refractivity contribution < 1.29 is 17.6 Å². The lowest BCUT2D eigenvalue weighted by molar-refractivity contribution is -0.121. The summed E-state index contributed by atoms with van der Waals surface area (Å²) in [6.45, 7) is 3.12. The van der Waals surface area contributed by atoms with Crippen LogP contribution in [0.4, 0.5) is 4.39 Å². The first-order valence-corrected chi connectivity index (χ1v) is 7.05. The van der Waals surface area contributed by atoms with Crippen LogP contribution in [-0.2, 0) is 14.8 Å². The lowest BCUT2D eigenvalue weighted by Crippen LogP contribution is -2.41. The first-order valence-electron chi connectivity index (χ1n) is 5.61. The standard InChI is InChI=1S/C11H16FN3O3S/c1-8(2)14-10(16)7-15(3)19(17,18)11-9(12)5-4-6-13-11/h4-6,8H,7H2,1-3H3,(H,14,16). The van der Waals surface area contributed by atoms with Crippen LogP contribution in [0.2, 0.25) is 0 Å². The zero-order valence-corrected chi connectivity index (χ0v) is 11.7. The molecule has 0 bridgehead atoms. The second-order valence-corrected chi connectivity index (χ2v) is 6.23. The van der Waals surface area contributed by atoms with E-state index in [-0.39, 0.29) is 6.04 Å². The molecule has 0 aliphatic carbocycles. The van der Waals surface area contributed by atoms with Gasteiger partial charge in [0.25, 0.3) is 10.0 Å². The van der Waals surface area contributed by atoms with E-state index in [1.807, 2.05) is 0 Å². The van der Waals surface area contributed by atoms with Gasteiger partial charge in [0.1, 0.15) is 0 Å². The second kappa shape index (κ2) is 6.07. The quantitative estimate of drug-likeness (QED) is 0.849. The molecule has 1 aromatic rings. The van der Waals surface area contributed by atoms with E-state index in [2.05, 4.69) is 10.3 Å². The predicted octanol–water partition coefficient (Wildman–Crippen LogP) is 0.366. The van der Waals surface area contributed by atoms with Gasteiger partial charge in [0.2, 0.25) is 10.9 Å². The topological polar surface area (TPSA) is 79.4 Å². The monoisotopic (exact) mass is 289 g/mol. The van der Waals surface area contributed by atoms with E-state index in [0.717, 1.165) is 10.4 Å². The number of sulfonamides is 1. The fourth-order valence-corrected chi connectivity index (χ4v) is 2.45. The highest BCUT2D eigenvalue weighted by Gasteiger charge is 2.27. The van der Waals surface area contributed by atoms with Crippen molar-refractivity contribution in [2.75, 3.05) is 13.6 Å². The third kappa shape index (κ3) is 3.97. The Labute approximate surface area is 111 Å². The van der Waals surface area contributed by atoms with Gasteiger partial charge in [-0.05, 0) is 26.0 Å². The predicted molar refractivity (Wildman–Crippen MR) is 67.3 cm³/mol. The van der Waals surface area contributed by atoms with Gasteiger partial charge in [-0.3, -0.25) is 4.79 Å². The van der Waals surface area contributed by atoms with Crippen molar-refractivity contribution in [1.82, 2.24) is 14.6 Å². The van der Waals surface area contributed by atoms with Crippen LogP contribution >= 0.6 is 0 Å². The first kappa shape index (κ1) is 15.5. The Morgan fingerprint density at radius 1 is 1.53 bits per heavy atom. The van der Waals surface area contributed by atoms with Crippen LogP contribution in [0.3, 0.4) is 0 Å². The van der Waals surface area contributed by atoms with Gasteiger partial charge in [-0.1, -0.05) is 0 Å². The molecular formula is C11H16FN3O3S. The fraction of sp³-hybridized carbons (Fsp3) is 0.455. The Morgan fingerprint density at radius 2 is 2.16 bits per heavy atom. The molecule has 1 rings (SSSR count). The van der Waals surface area contributed by atoms with Crippen LogP contribution in [0.5, 0.6) is 0 Å². The van der Waals surface area contributed by atoms with Crippen LogP contribution in [0, 0.1) is 5.82 Å². The van der Waals surface area contributed by atoms with Crippen molar-refractivity contribution in [3.05, 3.63) is 24.1 Å². The maximum Gasteiger partial charge on any atom is 0.263 e. The van der Waals surface area contributed by atoms with Crippen molar-refractivity contribution in [1.29, 1.82) is 0 Å². The van der Waals surface area contributed by atoms with Gasteiger partial charge < -0.3 is 5.32 Å². The highest BCUT2D eigenvalue weighted by molar-refractivity contribution is 7.89. The fourth-order valence-electron chi connectivity index (χ4n) is 1.36. The van der Waals surface area contributed by atoms with E-state index in [1.165, 1.54) is 19.3 Å². The Bertz CT molecular complexity index is 560. The number of amides is 1. The van der Waals surface area contributed by atoms with Crippen molar-refractivity contribution in [3.8, 4) is 0 Å². The van der Waals surface area contributed by atoms with Gasteiger partial charge in [-0.25, -0.2) is 17.8 Å². The van der Waals surface area contributed by atoms with Crippen LogP contribution in [0.25, 0.3) is 0 Å². The minimum atomic E-state index is -4.11. The third-order valence-corrected chi connectivity index (χ3v) is 3.93. The summed E-state index contributed by atoms with van der Waals surface area (Å²) in [4.78, 5) is 15.0. The summed E-state index contributed by atoms with van der Waals surface area (Å²) in [7, 11) is -2.92. The molecule has 0 unspecified atom stereocenters. The Balaban J connectivity index is 2.90. The number of nitrogens with one attached hydrogen (secondary N) is 1. The molecule has 0 spiro atoms. The molecule has 0 radical (unpaired) electrons. The minimum absolute atomic E-state index is 0.102. The summed E-state index contributed by atoms with van der Waals surface area (Å²) in [6.07, 6.45) is 1.18. The molecule has 0 aliphatic heterocycles. The average molecular weight is 289 g/mol. The number of hydrogen-bond acceptors (Lipinski definition) is 4. The van der Waals surface area contributed by atoms with E-state index in [1.54, 1.807) is 13.8 Å². The number of likely N-dealkylation sites (N-methyl/N-ethyl adjacent to an activating group) is 1. The molecule has 0 saturated heterocycles. The van der Waals surface area contributed by atoms with Crippen molar-refractivity contribution >= 4 is 15.9 Å². The molecule has 8 heteroatoms. The zero-order valence-electron chi connectivity index (χ0n) is 10.9. The van der Waals surface area contributed by atoms with Gasteiger partial charge in [-0.15, -0.1) is 0 Å². The number of nitrogens with zero attached hydrogens (tertiary/aromatic N) is 2. The third-order valence-electron chi connectivity index (χ3n) is 2.20. The number of carbonyl (C=O) groups excluding carboxylic acids is 1. The molecule has 0 aromatic carbocycles. The van der Waals surface area contributed by atoms with Gasteiger partial charge >= 0.3 is 0 Å². The summed E-state index contributed by atoms with van der Waals surface area (Å²) in [6, 6.07) is 2.19. The van der Waals surface area contributed by atoms with Crippen LogP contribution in [0.15, 0.2) is 23.4 Å². The summed E-state index contributed by atoms with van der Waals surface area (Å²) < 4.78 is 38.2. The molecular weight excluding hydrogens is 273 g/mol. The number of pyridine rings is 1. The number of rotatable bonds is 5. The SMILES string of the molecule is CC(C)NC(=O)CN(C)S(=O)(=O)c1ncccc1F. The maximum absolute atomic E-state index is 13.4. The molecule has 19 heavy (non-hydrogen) atoms. The molecule has 1 N–H and O–H groups in total. The second-order valence-electron chi connectivity index (χ2n) is 4.27. The maximum atomic E-state index is 13.4. The lowest BCUT2D eigenvalue weighted by atomic mass is 10.4. The van der Waals surface area contributed by atoms with Crippen LogP contribution in [0.1, 0.15) is 13.8 Å².